The van der Waals surface area contributed by atoms with Crippen molar-refractivity contribution in [1.82, 2.24) is 10.6 Å². The third-order valence-corrected chi connectivity index (χ3v) is 5.32. The average Bonchev–Trinajstić information content (AvgIpc) is 2.60. The minimum atomic E-state index is 0.113. The first kappa shape index (κ1) is 15.7. The van der Waals surface area contributed by atoms with Gasteiger partial charge in [-0.1, -0.05) is 28.1 Å². The molecule has 2 aromatic rings. The van der Waals surface area contributed by atoms with E-state index >= 15 is 0 Å². The Hall–Kier alpha value is -1.85. The van der Waals surface area contributed by atoms with Gasteiger partial charge in [-0.2, -0.15) is 0 Å². The molecule has 3 nitrogen and oxygen atoms in total. The number of nitrogens with one attached hydrogen (secondary N) is 2. The van der Waals surface area contributed by atoms with Gasteiger partial charge in [-0.15, -0.1) is 0 Å². The van der Waals surface area contributed by atoms with E-state index in [0.717, 1.165) is 28.8 Å². The van der Waals surface area contributed by atoms with Gasteiger partial charge >= 0.3 is 0 Å². The number of ether oxygens (including phenoxy) is 1. The summed E-state index contributed by atoms with van der Waals surface area (Å²) in [6, 6.07) is 14.8. The van der Waals surface area contributed by atoms with E-state index < -0.39 is 0 Å². The van der Waals surface area contributed by atoms with Crippen LogP contribution < -0.4 is 15.4 Å². The van der Waals surface area contributed by atoms with Crippen molar-refractivity contribution in [3.8, 4) is 5.75 Å². The van der Waals surface area contributed by atoms with Crippen molar-refractivity contribution in [2.24, 2.45) is 0 Å². The number of benzene rings is 2. The van der Waals surface area contributed by atoms with Gasteiger partial charge in [-0.3, -0.25) is 0 Å². The number of halogens is 1. The van der Waals surface area contributed by atoms with Crippen molar-refractivity contribution in [3.05, 3.63) is 69.2 Å². The van der Waals surface area contributed by atoms with E-state index in [-0.39, 0.29) is 6.04 Å². The average molecular weight is 401 g/mol. The molecule has 2 aromatic carbocycles. The molecular weight excluding hydrogens is 384 g/mol. The summed E-state index contributed by atoms with van der Waals surface area (Å²) in [4.78, 5) is 0. The van der Waals surface area contributed by atoms with Crippen LogP contribution in [0.4, 0.5) is 0 Å². The van der Waals surface area contributed by atoms with Gasteiger partial charge in [0.05, 0.1) is 13.2 Å². The molecule has 0 saturated heterocycles. The zero-order valence-electron chi connectivity index (χ0n) is 13.2. The van der Waals surface area contributed by atoms with Crippen LogP contribution in [0.3, 0.4) is 0 Å². The first-order valence-electron chi connectivity index (χ1n) is 7.89. The molecule has 1 heterocycles. The summed E-state index contributed by atoms with van der Waals surface area (Å²) < 4.78 is 6.44. The molecule has 0 radical (unpaired) electrons. The number of thiocarbonyl (C=S) groups is 1. The molecule has 1 aliphatic carbocycles. The largest absolute Gasteiger partial charge is 0.497 e. The summed E-state index contributed by atoms with van der Waals surface area (Å²) in [5, 5.41) is 7.47. The lowest BCUT2D eigenvalue weighted by Gasteiger charge is -2.36. The van der Waals surface area contributed by atoms with Gasteiger partial charge < -0.3 is 15.4 Å². The lowest BCUT2D eigenvalue weighted by molar-refractivity contribution is 0.414. The van der Waals surface area contributed by atoms with E-state index in [1.165, 1.54) is 22.3 Å². The highest BCUT2D eigenvalue weighted by Crippen LogP contribution is 2.40. The predicted octanol–water partition coefficient (Wildman–Crippen LogP) is 4.33. The molecule has 0 aromatic heterocycles. The molecule has 2 aliphatic rings. The number of aryl methyl sites for hydroxylation is 1. The first-order valence-corrected chi connectivity index (χ1v) is 9.09. The van der Waals surface area contributed by atoms with Gasteiger partial charge in [0.2, 0.25) is 0 Å². The minimum Gasteiger partial charge on any atom is -0.497 e. The van der Waals surface area contributed by atoms with Crippen LogP contribution in [-0.2, 0) is 6.42 Å². The third-order valence-electron chi connectivity index (χ3n) is 4.61. The van der Waals surface area contributed by atoms with E-state index in [1.54, 1.807) is 7.11 Å². The second-order valence-corrected chi connectivity index (χ2v) is 7.33. The zero-order valence-corrected chi connectivity index (χ0v) is 15.6. The number of methoxy groups -OCH3 is 1. The smallest absolute Gasteiger partial charge is 0.171 e. The van der Waals surface area contributed by atoms with Crippen LogP contribution in [-0.4, -0.2) is 12.2 Å². The van der Waals surface area contributed by atoms with Gasteiger partial charge in [0, 0.05) is 15.7 Å². The van der Waals surface area contributed by atoms with Crippen LogP contribution >= 0.6 is 28.1 Å². The lowest BCUT2D eigenvalue weighted by Crippen LogP contribution is -2.44. The fourth-order valence-electron chi connectivity index (χ4n) is 3.49. The highest BCUT2D eigenvalue weighted by molar-refractivity contribution is 9.10. The molecule has 0 saturated carbocycles. The Bertz CT molecular complexity index is 862. The second-order valence-electron chi connectivity index (χ2n) is 6.01. The van der Waals surface area contributed by atoms with Crippen LogP contribution in [0.1, 0.15) is 29.2 Å². The fourth-order valence-corrected chi connectivity index (χ4v) is 4.13. The van der Waals surface area contributed by atoms with E-state index in [9.17, 15) is 0 Å². The summed E-state index contributed by atoms with van der Waals surface area (Å²) >= 11 is 9.04. The predicted molar refractivity (Wildman–Crippen MR) is 104 cm³/mol. The molecule has 0 spiro atoms. The number of rotatable bonds is 2. The van der Waals surface area contributed by atoms with E-state index in [2.05, 4.69) is 56.9 Å². The highest BCUT2D eigenvalue weighted by Gasteiger charge is 2.30. The Morgan fingerprint density at radius 3 is 2.83 bits per heavy atom. The molecule has 0 bridgehead atoms. The molecule has 0 fully saturated rings. The summed E-state index contributed by atoms with van der Waals surface area (Å²) in [5.41, 5.74) is 6.25. The van der Waals surface area contributed by atoms with Crippen molar-refractivity contribution >= 4 is 39.0 Å². The fraction of sp³-hybridized carbons (Fsp3) is 0.211. The maximum absolute atomic E-state index is 5.47. The molecule has 2 N–H and O–H groups in total. The van der Waals surface area contributed by atoms with Gasteiger partial charge in [-0.25, -0.2) is 0 Å². The van der Waals surface area contributed by atoms with E-state index in [0.29, 0.717) is 5.11 Å². The SMILES string of the molecule is COc1ccc2c(c1)CCC1=C2NC(=S)N[C@H]1c1cccc(Br)c1. The molecular formula is C19H17BrN2OS. The zero-order chi connectivity index (χ0) is 16.7. The molecule has 1 atom stereocenters. The molecule has 4 rings (SSSR count). The Kier molecular flexibility index (Phi) is 4.06. The Morgan fingerprint density at radius 2 is 2.04 bits per heavy atom. The Balaban J connectivity index is 1.83. The molecule has 0 unspecified atom stereocenters. The maximum atomic E-state index is 5.47. The van der Waals surface area contributed by atoms with Gasteiger partial charge in [0.15, 0.2) is 5.11 Å². The standard InChI is InChI=1S/C19H17BrN2OS/c1-23-14-6-8-15-11(10-14)5-7-16-17(21-19(24)22-18(15)16)12-3-2-4-13(20)9-12/h2-4,6,8-10,17H,5,7H2,1H3,(H2,21,22,24)/t17-/m0/s1. The van der Waals surface area contributed by atoms with Crippen molar-refractivity contribution in [2.75, 3.05) is 7.11 Å². The summed E-state index contributed by atoms with van der Waals surface area (Å²) in [6.45, 7) is 0. The van der Waals surface area contributed by atoms with Crippen LogP contribution in [0, 0.1) is 0 Å². The number of fused-ring (bicyclic) bond motifs is 2. The van der Waals surface area contributed by atoms with Crippen LogP contribution in [0.2, 0.25) is 0 Å². The second kappa shape index (κ2) is 6.22. The van der Waals surface area contributed by atoms with Crippen LogP contribution in [0.5, 0.6) is 5.75 Å². The van der Waals surface area contributed by atoms with Crippen molar-refractivity contribution in [2.45, 2.75) is 18.9 Å². The molecule has 122 valence electrons. The topological polar surface area (TPSA) is 33.3 Å². The molecule has 24 heavy (non-hydrogen) atoms. The Labute approximate surface area is 155 Å². The first-order chi connectivity index (χ1) is 11.7. The summed E-state index contributed by atoms with van der Waals surface area (Å²) in [6.07, 6.45) is 2.00. The van der Waals surface area contributed by atoms with Crippen LogP contribution in [0.15, 0.2) is 52.5 Å². The van der Waals surface area contributed by atoms with E-state index in [4.69, 9.17) is 17.0 Å². The summed E-state index contributed by atoms with van der Waals surface area (Å²) in [5.74, 6) is 0.901. The highest BCUT2D eigenvalue weighted by atomic mass is 79.9. The van der Waals surface area contributed by atoms with Crippen molar-refractivity contribution < 1.29 is 4.74 Å². The van der Waals surface area contributed by atoms with Crippen LogP contribution in [0.25, 0.3) is 5.70 Å². The minimum absolute atomic E-state index is 0.113. The van der Waals surface area contributed by atoms with E-state index in [1.807, 2.05) is 12.1 Å². The maximum Gasteiger partial charge on any atom is 0.171 e. The molecule has 0 amide bonds. The quantitative estimate of drug-likeness (QED) is 0.734. The molecule has 1 aliphatic heterocycles. The van der Waals surface area contributed by atoms with Gasteiger partial charge in [-0.05, 0) is 72.1 Å². The summed E-state index contributed by atoms with van der Waals surface area (Å²) in [7, 11) is 1.70. The van der Waals surface area contributed by atoms with Crippen molar-refractivity contribution in [3.63, 3.8) is 0 Å². The Morgan fingerprint density at radius 1 is 1.17 bits per heavy atom. The third kappa shape index (κ3) is 2.72. The number of hydrogen-bond acceptors (Lipinski definition) is 2. The van der Waals surface area contributed by atoms with Crippen molar-refractivity contribution in [1.29, 1.82) is 0 Å². The molecule has 5 heteroatoms. The lowest BCUT2D eigenvalue weighted by atomic mass is 9.83. The van der Waals surface area contributed by atoms with Gasteiger partial charge in [0.25, 0.3) is 0 Å². The monoisotopic (exact) mass is 400 g/mol. The normalized spacial score (nSPS) is 19.1. The van der Waals surface area contributed by atoms with Gasteiger partial charge in [0.1, 0.15) is 5.75 Å². The number of hydrogen-bond donors (Lipinski definition) is 2.